The normalized spacial score (nSPS) is 13.0. The summed E-state index contributed by atoms with van der Waals surface area (Å²) < 4.78 is 10.2. The van der Waals surface area contributed by atoms with Crippen molar-refractivity contribution in [3.05, 3.63) is 115 Å². The highest BCUT2D eigenvalue weighted by Gasteiger charge is 2.39. The molecule has 0 N–H and O–H groups in total. The highest BCUT2D eigenvalue weighted by Crippen LogP contribution is 2.56. The molecule has 7 heteroatoms. The SMILES string of the molecule is CCCCN(P(c1ccc([Si](CCCC)(CCCC)CCCC)cc1)c1ccc([Si](CCCC)(CCCC)CCCC)cc1)P(c1ccc([Si](CCCC)(CCCC)CCCC)cc1)c1cccc2c1oc1ccccc12. The van der Waals surface area contributed by atoms with E-state index in [0.29, 0.717) is 0 Å². The van der Waals surface area contributed by atoms with Gasteiger partial charge in [0.2, 0.25) is 0 Å². The van der Waals surface area contributed by atoms with Gasteiger partial charge in [-0.1, -0.05) is 364 Å². The van der Waals surface area contributed by atoms with Gasteiger partial charge < -0.3 is 4.42 Å². The maximum absolute atomic E-state index is 7.15. The Bertz CT molecular complexity index is 2410. The third-order valence-electron chi connectivity index (χ3n) is 18.0. The Morgan fingerprint density at radius 3 is 0.974 bits per heavy atom. The first-order valence-electron chi connectivity index (χ1n) is 32.3. The summed E-state index contributed by atoms with van der Waals surface area (Å²) in [5, 5.41) is 13.5. The largest absolute Gasteiger partial charge is 0.455 e. The second-order valence-electron chi connectivity index (χ2n) is 23.7. The summed E-state index contributed by atoms with van der Waals surface area (Å²) in [6, 6.07) is 61.0. The van der Waals surface area contributed by atoms with Gasteiger partial charge in [0, 0.05) is 38.8 Å². The molecule has 1 aromatic heterocycles. The van der Waals surface area contributed by atoms with E-state index in [1.807, 2.05) is 0 Å². The van der Waals surface area contributed by atoms with Gasteiger partial charge in [0.25, 0.3) is 0 Å². The maximum Gasteiger partial charge on any atom is 0.144 e. The van der Waals surface area contributed by atoms with Crippen LogP contribution in [0, 0.1) is 0 Å². The first-order valence-corrected chi connectivity index (χ1v) is 42.8. The van der Waals surface area contributed by atoms with Crippen molar-refractivity contribution in [3.63, 3.8) is 0 Å². The van der Waals surface area contributed by atoms with Crippen molar-refractivity contribution in [3.8, 4) is 0 Å². The lowest BCUT2D eigenvalue weighted by molar-refractivity contribution is 0.645. The number of hydrogen-bond donors (Lipinski definition) is 0. The van der Waals surface area contributed by atoms with Crippen molar-refractivity contribution in [2.24, 2.45) is 0 Å². The van der Waals surface area contributed by atoms with Crippen LogP contribution < -0.4 is 36.8 Å². The minimum atomic E-state index is -1.72. The van der Waals surface area contributed by atoms with Gasteiger partial charge in [0.1, 0.15) is 11.2 Å². The predicted octanol–water partition coefficient (Wildman–Crippen LogP) is 20.3. The van der Waals surface area contributed by atoms with E-state index >= 15 is 0 Å². The standard InChI is InChI=1S/C70H109NOP2Si3/c1-11-21-50-71(74(69-37-33-35-67-66-34-31-32-36-68(66)72-70(67)69)62-42-48-65(49-43-62)77(57-28-18-8,58-29-19-9)59-30-20-10)73(60-38-44-63(45-39-60)75(51-22-12-2,52-23-13-3)53-24-14-4)61-40-46-64(47-41-61)76(54-25-15-5,55-26-16-6)56-27-17-7/h31-49H,11-30,50-59H2,1-10H3. The molecule has 0 fully saturated rings. The van der Waals surface area contributed by atoms with Crippen LogP contribution in [-0.4, -0.2) is 35.2 Å². The van der Waals surface area contributed by atoms with Crippen molar-refractivity contribution in [1.29, 1.82) is 0 Å². The number of fused-ring (bicyclic) bond motifs is 3. The molecule has 0 aliphatic rings. The predicted molar refractivity (Wildman–Crippen MR) is 361 cm³/mol. The molecule has 1 heterocycles. The molecule has 1 unspecified atom stereocenters. The molecule has 2 nitrogen and oxygen atoms in total. The quantitative estimate of drug-likeness (QED) is 0.0283. The van der Waals surface area contributed by atoms with E-state index in [9.17, 15) is 0 Å². The fraction of sp³-hybridized carbons (Fsp3) is 0.571. The second-order valence-corrected chi connectivity index (χ2v) is 42.2. The molecule has 6 rings (SSSR count). The molecule has 0 aliphatic heterocycles. The van der Waals surface area contributed by atoms with E-state index in [1.165, 1.54) is 202 Å². The topological polar surface area (TPSA) is 16.4 Å². The van der Waals surface area contributed by atoms with Crippen molar-refractivity contribution in [2.45, 2.75) is 252 Å². The number of unbranched alkanes of at least 4 members (excludes halogenated alkanes) is 10. The Kier molecular flexibility index (Phi) is 27.5. The molecule has 0 amide bonds. The Balaban J connectivity index is 1.65. The molecule has 77 heavy (non-hydrogen) atoms. The van der Waals surface area contributed by atoms with Gasteiger partial charge in [0.05, 0.1) is 24.2 Å². The minimum Gasteiger partial charge on any atom is -0.455 e. The third kappa shape index (κ3) is 16.3. The number of benzene rings is 5. The molecule has 0 saturated carbocycles. The van der Waals surface area contributed by atoms with Gasteiger partial charge in [0.15, 0.2) is 0 Å². The smallest absolute Gasteiger partial charge is 0.144 e. The van der Waals surface area contributed by atoms with E-state index in [-0.39, 0.29) is 0 Å². The molecular formula is C70H109NOP2Si3. The van der Waals surface area contributed by atoms with Crippen molar-refractivity contribution >= 4 is 99.1 Å². The summed E-state index contributed by atoms with van der Waals surface area (Å²) in [5.41, 5.74) is 2.08. The van der Waals surface area contributed by atoms with Gasteiger partial charge in [-0.2, -0.15) is 0 Å². The van der Waals surface area contributed by atoms with Crippen LogP contribution in [0.15, 0.2) is 120 Å². The van der Waals surface area contributed by atoms with Crippen LogP contribution >= 0.6 is 16.1 Å². The highest BCUT2D eigenvalue weighted by molar-refractivity contribution is 7.84. The van der Waals surface area contributed by atoms with Crippen LogP contribution in [0.5, 0.6) is 0 Å². The first kappa shape index (κ1) is 63.6. The number of rotatable bonds is 39. The summed E-state index contributed by atoms with van der Waals surface area (Å²) in [5.74, 6) is 0. The summed E-state index contributed by atoms with van der Waals surface area (Å²) in [6.07, 6.45) is 26.2. The van der Waals surface area contributed by atoms with Crippen LogP contribution in [0.25, 0.3) is 21.9 Å². The Morgan fingerprint density at radius 1 is 0.325 bits per heavy atom. The monoisotopic (exact) mass is 1130 g/mol. The molecule has 0 spiro atoms. The molecule has 5 aromatic carbocycles. The molecular weight excluding hydrogens is 1020 g/mol. The van der Waals surface area contributed by atoms with Gasteiger partial charge in [-0.15, -0.1) is 0 Å². The third-order valence-corrected chi connectivity index (χ3v) is 40.1. The maximum atomic E-state index is 7.15. The Hall–Kier alpha value is -2.63. The lowest BCUT2D eigenvalue weighted by Gasteiger charge is -2.40. The van der Waals surface area contributed by atoms with Crippen LogP contribution in [0.1, 0.15) is 198 Å². The van der Waals surface area contributed by atoms with Crippen LogP contribution in [0.2, 0.25) is 54.4 Å². The fourth-order valence-corrected chi connectivity index (χ4v) is 36.1. The zero-order valence-corrected chi connectivity index (χ0v) is 55.7. The van der Waals surface area contributed by atoms with Crippen LogP contribution in [-0.2, 0) is 0 Å². The van der Waals surface area contributed by atoms with Crippen molar-refractivity contribution in [1.82, 2.24) is 4.44 Å². The molecule has 0 aliphatic carbocycles. The lowest BCUT2D eigenvalue weighted by atomic mass is 10.1. The number of para-hydroxylation sites is 2. The fourth-order valence-electron chi connectivity index (χ4n) is 13.2. The average Bonchev–Trinajstić information content (AvgIpc) is 3.86. The van der Waals surface area contributed by atoms with Crippen LogP contribution in [0.4, 0.5) is 0 Å². The van der Waals surface area contributed by atoms with E-state index < -0.39 is 40.4 Å². The summed E-state index contributed by atoms with van der Waals surface area (Å²) in [4.78, 5) is 0. The minimum absolute atomic E-state index is 0.948. The summed E-state index contributed by atoms with van der Waals surface area (Å²) in [7, 11) is -7.13. The Morgan fingerprint density at radius 2 is 0.636 bits per heavy atom. The lowest BCUT2D eigenvalue weighted by Crippen LogP contribution is -2.48. The van der Waals surface area contributed by atoms with Crippen LogP contribution in [0.3, 0.4) is 0 Å². The number of hydrogen-bond acceptors (Lipinski definition) is 2. The zero-order valence-electron chi connectivity index (χ0n) is 50.9. The number of nitrogens with zero attached hydrogens (tertiary/aromatic N) is 1. The van der Waals surface area contributed by atoms with E-state index in [2.05, 4.69) is 189 Å². The van der Waals surface area contributed by atoms with E-state index in [0.717, 1.165) is 30.6 Å². The van der Waals surface area contributed by atoms with Gasteiger partial charge in [-0.3, -0.25) is 0 Å². The zero-order chi connectivity index (χ0) is 54.9. The van der Waals surface area contributed by atoms with Gasteiger partial charge in [-0.25, -0.2) is 4.44 Å². The summed E-state index contributed by atoms with van der Waals surface area (Å²) in [6.45, 7) is 25.2. The van der Waals surface area contributed by atoms with E-state index in [1.54, 1.807) is 15.6 Å². The molecule has 422 valence electrons. The van der Waals surface area contributed by atoms with Crippen molar-refractivity contribution < 1.29 is 4.42 Å². The van der Waals surface area contributed by atoms with Gasteiger partial charge in [-0.05, 0) is 34.5 Å². The summed E-state index contributed by atoms with van der Waals surface area (Å²) >= 11 is 0. The molecule has 1 atom stereocenters. The average molecular weight is 1130 g/mol. The molecule has 6 aromatic rings. The molecule has 0 saturated heterocycles. The first-order chi connectivity index (χ1) is 37.7. The van der Waals surface area contributed by atoms with E-state index in [4.69, 9.17) is 4.42 Å². The Labute approximate surface area is 478 Å². The second kappa shape index (κ2) is 33.3. The highest BCUT2D eigenvalue weighted by atomic mass is 31.2. The number of furan rings is 1. The van der Waals surface area contributed by atoms with Gasteiger partial charge >= 0.3 is 0 Å². The van der Waals surface area contributed by atoms with Crippen molar-refractivity contribution in [2.75, 3.05) is 6.54 Å². The molecule has 0 bridgehead atoms. The molecule has 0 radical (unpaired) electrons.